The lowest BCUT2D eigenvalue weighted by Crippen LogP contribution is -1.88. The van der Waals surface area contributed by atoms with E-state index < -0.39 is 0 Å². The second-order valence-corrected chi connectivity index (χ2v) is 4.78. The van der Waals surface area contributed by atoms with Crippen molar-refractivity contribution in [3.63, 3.8) is 0 Å². The Kier molecular flexibility index (Phi) is 2.82. The molecule has 3 aromatic rings. The monoisotopic (exact) mass is 252 g/mol. The first-order chi connectivity index (χ1) is 8.86. The molecule has 0 aliphatic heterocycles. The van der Waals surface area contributed by atoms with E-state index in [1.165, 1.54) is 11.5 Å². The van der Waals surface area contributed by atoms with Crippen molar-refractivity contribution in [2.75, 3.05) is 5.73 Å². The fourth-order valence-electron chi connectivity index (χ4n) is 1.90. The van der Waals surface area contributed by atoms with Gasteiger partial charge in [-0.05, 0) is 17.1 Å². The highest BCUT2D eigenvalue weighted by Gasteiger charge is 2.13. The maximum atomic E-state index is 6.22. The summed E-state index contributed by atoms with van der Waals surface area (Å²) in [5.74, 6) is 0. The van der Waals surface area contributed by atoms with E-state index in [0.29, 0.717) is 0 Å². The zero-order valence-electron chi connectivity index (χ0n) is 9.71. The van der Waals surface area contributed by atoms with Gasteiger partial charge in [0.2, 0.25) is 0 Å². The molecule has 0 bridgehead atoms. The molecule has 0 atom stereocenters. The van der Waals surface area contributed by atoms with Crippen molar-refractivity contribution in [3.05, 3.63) is 60.7 Å². The largest absolute Gasteiger partial charge is 0.396 e. The predicted molar refractivity (Wildman–Crippen MR) is 77.4 cm³/mol. The van der Waals surface area contributed by atoms with E-state index in [9.17, 15) is 0 Å². The Morgan fingerprint density at radius 3 is 1.94 bits per heavy atom. The lowest BCUT2D eigenvalue weighted by atomic mass is 10.1. The van der Waals surface area contributed by atoms with Gasteiger partial charge in [-0.15, -0.1) is 0 Å². The van der Waals surface area contributed by atoms with Crippen LogP contribution in [0, 0.1) is 0 Å². The molecule has 88 valence electrons. The van der Waals surface area contributed by atoms with Gasteiger partial charge in [-0.2, -0.15) is 4.37 Å². The molecule has 0 aliphatic carbocycles. The summed E-state index contributed by atoms with van der Waals surface area (Å²) >= 11 is 1.45. The van der Waals surface area contributed by atoms with Gasteiger partial charge in [0, 0.05) is 5.56 Å². The Bertz CT molecular complexity index is 588. The Morgan fingerprint density at radius 1 is 0.778 bits per heavy atom. The minimum absolute atomic E-state index is 0.761. The van der Waals surface area contributed by atoms with Crippen LogP contribution in [0.15, 0.2) is 60.7 Å². The molecule has 2 nitrogen and oxygen atoms in total. The van der Waals surface area contributed by atoms with E-state index in [2.05, 4.69) is 16.5 Å². The molecule has 0 saturated heterocycles. The summed E-state index contributed by atoms with van der Waals surface area (Å²) in [4.78, 5) is 1.04. The Hall–Kier alpha value is -2.13. The quantitative estimate of drug-likeness (QED) is 0.747. The third-order valence-corrected chi connectivity index (χ3v) is 3.72. The molecule has 0 fully saturated rings. The van der Waals surface area contributed by atoms with Crippen molar-refractivity contribution in [2.45, 2.75) is 0 Å². The molecule has 3 rings (SSSR count). The molecule has 0 radical (unpaired) electrons. The van der Waals surface area contributed by atoms with Crippen molar-refractivity contribution < 1.29 is 0 Å². The van der Waals surface area contributed by atoms with Crippen LogP contribution in [-0.4, -0.2) is 4.37 Å². The van der Waals surface area contributed by atoms with Gasteiger partial charge >= 0.3 is 0 Å². The van der Waals surface area contributed by atoms with Crippen LogP contribution < -0.4 is 5.73 Å². The summed E-state index contributed by atoms with van der Waals surface area (Å²) in [6, 6.07) is 20.2. The third-order valence-electron chi connectivity index (χ3n) is 2.81. The summed E-state index contributed by atoms with van der Waals surface area (Å²) in [6.07, 6.45) is 0. The predicted octanol–water partition coefficient (Wildman–Crippen LogP) is 4.06. The van der Waals surface area contributed by atoms with Crippen molar-refractivity contribution in [3.8, 4) is 21.7 Å². The second kappa shape index (κ2) is 4.63. The number of benzene rings is 2. The standard InChI is InChI=1S/C15H12N2S/c16-13-14(11-7-3-1-4-8-11)17-18-15(13)12-9-5-2-6-10-12/h1-10H,16H2. The van der Waals surface area contributed by atoms with E-state index >= 15 is 0 Å². The molecular weight excluding hydrogens is 240 g/mol. The normalized spacial score (nSPS) is 10.4. The fraction of sp³-hybridized carbons (Fsp3) is 0. The van der Waals surface area contributed by atoms with Gasteiger partial charge in [-0.3, -0.25) is 0 Å². The van der Waals surface area contributed by atoms with Gasteiger partial charge in [0.1, 0.15) is 5.69 Å². The van der Waals surface area contributed by atoms with Crippen LogP contribution in [0.25, 0.3) is 21.7 Å². The number of nitrogen functional groups attached to an aromatic ring is 1. The van der Waals surface area contributed by atoms with Gasteiger partial charge in [0.05, 0.1) is 10.6 Å². The third kappa shape index (κ3) is 1.89. The maximum absolute atomic E-state index is 6.22. The second-order valence-electron chi connectivity index (χ2n) is 4.01. The first kappa shape index (κ1) is 11.0. The summed E-state index contributed by atoms with van der Waals surface area (Å²) in [7, 11) is 0. The van der Waals surface area contributed by atoms with E-state index in [-0.39, 0.29) is 0 Å². The van der Waals surface area contributed by atoms with Crippen LogP contribution in [0.4, 0.5) is 5.69 Å². The Balaban J connectivity index is 2.09. The van der Waals surface area contributed by atoms with Gasteiger partial charge in [-0.25, -0.2) is 0 Å². The summed E-state index contributed by atoms with van der Waals surface area (Å²) in [6.45, 7) is 0. The van der Waals surface area contributed by atoms with Gasteiger partial charge < -0.3 is 5.73 Å². The minimum Gasteiger partial charge on any atom is -0.396 e. The molecule has 0 spiro atoms. The average Bonchev–Trinajstić information content (AvgIpc) is 2.83. The summed E-state index contributed by atoms with van der Waals surface area (Å²) in [5, 5.41) is 0. The molecule has 0 amide bonds. The summed E-state index contributed by atoms with van der Waals surface area (Å²) < 4.78 is 4.48. The first-order valence-electron chi connectivity index (χ1n) is 5.72. The van der Waals surface area contributed by atoms with E-state index in [1.54, 1.807) is 0 Å². The Labute approximate surface area is 110 Å². The molecule has 2 aromatic carbocycles. The van der Waals surface area contributed by atoms with Crippen molar-refractivity contribution in [1.29, 1.82) is 0 Å². The molecule has 0 aliphatic rings. The van der Waals surface area contributed by atoms with Crippen LogP contribution in [0.5, 0.6) is 0 Å². The van der Waals surface area contributed by atoms with Gasteiger partial charge in [0.25, 0.3) is 0 Å². The fourth-order valence-corrected chi connectivity index (χ4v) is 2.72. The van der Waals surface area contributed by atoms with Crippen LogP contribution in [0.2, 0.25) is 0 Å². The number of anilines is 1. The number of rotatable bonds is 2. The molecule has 3 heteroatoms. The topological polar surface area (TPSA) is 38.9 Å². The highest BCUT2D eigenvalue weighted by molar-refractivity contribution is 7.10. The van der Waals surface area contributed by atoms with Crippen LogP contribution in [-0.2, 0) is 0 Å². The van der Waals surface area contributed by atoms with Crippen LogP contribution in [0.1, 0.15) is 0 Å². The highest BCUT2D eigenvalue weighted by atomic mass is 32.1. The average molecular weight is 252 g/mol. The van der Waals surface area contributed by atoms with Gasteiger partial charge in [0.15, 0.2) is 0 Å². The number of hydrogen-bond acceptors (Lipinski definition) is 3. The van der Waals surface area contributed by atoms with E-state index in [1.807, 2.05) is 48.5 Å². The van der Waals surface area contributed by atoms with Crippen molar-refractivity contribution in [1.82, 2.24) is 4.37 Å². The smallest absolute Gasteiger partial charge is 0.108 e. The molecule has 0 saturated carbocycles. The van der Waals surface area contributed by atoms with E-state index in [0.717, 1.165) is 27.4 Å². The summed E-state index contributed by atoms with van der Waals surface area (Å²) in [5.41, 5.74) is 10.0. The van der Waals surface area contributed by atoms with E-state index in [4.69, 9.17) is 5.73 Å². The zero-order chi connectivity index (χ0) is 12.4. The highest BCUT2D eigenvalue weighted by Crippen LogP contribution is 2.37. The molecule has 1 heterocycles. The van der Waals surface area contributed by atoms with Gasteiger partial charge in [-0.1, -0.05) is 60.7 Å². The number of hydrogen-bond donors (Lipinski definition) is 1. The van der Waals surface area contributed by atoms with Crippen LogP contribution in [0.3, 0.4) is 0 Å². The first-order valence-corrected chi connectivity index (χ1v) is 6.49. The molecule has 2 N–H and O–H groups in total. The molecule has 0 unspecified atom stereocenters. The Morgan fingerprint density at radius 2 is 1.33 bits per heavy atom. The van der Waals surface area contributed by atoms with Crippen LogP contribution >= 0.6 is 11.5 Å². The zero-order valence-corrected chi connectivity index (χ0v) is 10.5. The minimum atomic E-state index is 0.761. The lowest BCUT2D eigenvalue weighted by Gasteiger charge is -2.00. The molecule has 1 aromatic heterocycles. The number of aromatic nitrogens is 1. The van der Waals surface area contributed by atoms with Crippen molar-refractivity contribution in [2.24, 2.45) is 0 Å². The maximum Gasteiger partial charge on any atom is 0.108 e. The number of nitrogens with zero attached hydrogens (tertiary/aromatic N) is 1. The SMILES string of the molecule is Nc1c(-c2ccccc2)nsc1-c1ccccc1. The van der Waals surface area contributed by atoms with Crippen molar-refractivity contribution >= 4 is 17.2 Å². The molecular formula is C15H12N2S. The molecule has 18 heavy (non-hydrogen) atoms. The lowest BCUT2D eigenvalue weighted by molar-refractivity contribution is 1.52. The number of nitrogens with two attached hydrogens (primary N) is 1.